The third-order valence-electron chi connectivity index (χ3n) is 5.42. The van der Waals surface area contributed by atoms with E-state index < -0.39 is 24.5 Å². The van der Waals surface area contributed by atoms with E-state index in [0.717, 1.165) is 16.7 Å². The van der Waals surface area contributed by atoms with E-state index in [0.29, 0.717) is 19.8 Å². The van der Waals surface area contributed by atoms with Gasteiger partial charge in [0.25, 0.3) is 0 Å². The monoisotopic (exact) mass is 445 g/mol. The predicted octanol–water partition coefficient (Wildman–Crippen LogP) is 5.41. The molecule has 0 saturated carbocycles. The quantitative estimate of drug-likeness (QED) is 0.224. The number of hydrogen-bond donors (Lipinski definition) is 0. The fraction of sp³-hybridized carbons (Fsp3) is 0.308. The first-order valence-electron chi connectivity index (χ1n) is 11.0. The van der Waals surface area contributed by atoms with Crippen LogP contribution >= 0.6 is 0 Å². The molecule has 0 N–H and O–H groups in total. The van der Waals surface area contributed by atoms with Gasteiger partial charge in [-0.15, -0.1) is 0 Å². The molecule has 0 bridgehead atoms. The van der Waals surface area contributed by atoms with Gasteiger partial charge in [0.1, 0.15) is 18.3 Å². The van der Waals surface area contributed by atoms with E-state index in [9.17, 15) is 0 Å². The van der Waals surface area contributed by atoms with E-state index in [4.69, 9.17) is 24.5 Å². The van der Waals surface area contributed by atoms with Crippen molar-refractivity contribution >= 4 is 0 Å². The van der Waals surface area contributed by atoms with Crippen molar-refractivity contribution in [3.8, 4) is 0 Å². The molecule has 1 heterocycles. The third-order valence-corrected chi connectivity index (χ3v) is 5.42. The summed E-state index contributed by atoms with van der Waals surface area (Å²) in [6, 6.07) is 29.7. The van der Waals surface area contributed by atoms with Crippen molar-refractivity contribution in [2.45, 2.75) is 44.4 Å². The van der Waals surface area contributed by atoms with Gasteiger partial charge in [-0.1, -0.05) is 96.1 Å². The van der Waals surface area contributed by atoms with Crippen LogP contribution < -0.4 is 0 Å². The molecule has 1 saturated heterocycles. The third kappa shape index (κ3) is 6.65. The molecule has 4 rings (SSSR count). The van der Waals surface area contributed by atoms with Crippen LogP contribution in [0.4, 0.5) is 0 Å². The Morgan fingerprint density at radius 3 is 1.70 bits per heavy atom. The van der Waals surface area contributed by atoms with Gasteiger partial charge in [0.15, 0.2) is 6.23 Å². The normalized spacial score (nSPS) is 22.1. The maximum absolute atomic E-state index is 9.09. The molecular formula is C26H27N3O4. The lowest BCUT2D eigenvalue weighted by Crippen LogP contribution is -2.38. The molecule has 0 unspecified atom stereocenters. The SMILES string of the molecule is [N-]=[N+]=N[C@@H]1O[C@H](COCc2ccccc2)[C@H](OCc2ccccc2)[C@@H]1OCc1ccccc1. The molecular weight excluding hydrogens is 418 g/mol. The second kappa shape index (κ2) is 12.2. The first-order chi connectivity index (χ1) is 16.3. The van der Waals surface area contributed by atoms with Gasteiger partial charge in [-0.05, 0) is 22.2 Å². The Morgan fingerprint density at radius 2 is 1.18 bits per heavy atom. The second-order valence-corrected chi connectivity index (χ2v) is 7.79. The summed E-state index contributed by atoms with van der Waals surface area (Å²) in [5.74, 6) is 0. The molecule has 0 spiro atoms. The van der Waals surface area contributed by atoms with Gasteiger partial charge in [-0.3, -0.25) is 0 Å². The highest BCUT2D eigenvalue weighted by atomic mass is 16.6. The minimum Gasteiger partial charge on any atom is -0.374 e. The lowest BCUT2D eigenvalue weighted by Gasteiger charge is -2.24. The lowest BCUT2D eigenvalue weighted by atomic mass is 10.1. The number of nitrogens with zero attached hydrogens (tertiary/aromatic N) is 3. The molecule has 0 radical (unpaired) electrons. The summed E-state index contributed by atoms with van der Waals surface area (Å²) >= 11 is 0. The molecule has 3 aromatic carbocycles. The Kier molecular flexibility index (Phi) is 8.47. The zero-order valence-corrected chi connectivity index (χ0v) is 18.3. The van der Waals surface area contributed by atoms with Crippen LogP contribution in [0.3, 0.4) is 0 Å². The summed E-state index contributed by atoms with van der Waals surface area (Å²) in [5.41, 5.74) is 12.2. The highest BCUT2D eigenvalue weighted by Crippen LogP contribution is 2.30. The fourth-order valence-corrected chi connectivity index (χ4v) is 3.77. The Bertz CT molecular complexity index is 1010. The summed E-state index contributed by atoms with van der Waals surface area (Å²) in [5, 5.41) is 3.84. The molecule has 1 fully saturated rings. The van der Waals surface area contributed by atoms with Gasteiger partial charge < -0.3 is 18.9 Å². The van der Waals surface area contributed by atoms with Gasteiger partial charge in [0.05, 0.1) is 26.4 Å². The average Bonchev–Trinajstić information content (AvgIpc) is 3.19. The van der Waals surface area contributed by atoms with Crippen molar-refractivity contribution in [1.29, 1.82) is 0 Å². The zero-order chi connectivity index (χ0) is 22.7. The summed E-state index contributed by atoms with van der Waals surface area (Å²) < 4.78 is 24.4. The molecule has 0 aliphatic carbocycles. The first kappa shape index (κ1) is 23.0. The van der Waals surface area contributed by atoms with Gasteiger partial charge in [0, 0.05) is 4.91 Å². The first-order valence-corrected chi connectivity index (χ1v) is 11.0. The smallest absolute Gasteiger partial charge is 0.165 e. The van der Waals surface area contributed by atoms with Crippen LogP contribution in [0.25, 0.3) is 10.4 Å². The minimum atomic E-state index is -0.801. The summed E-state index contributed by atoms with van der Waals surface area (Å²) in [7, 11) is 0. The topological polar surface area (TPSA) is 85.7 Å². The van der Waals surface area contributed by atoms with E-state index >= 15 is 0 Å². The van der Waals surface area contributed by atoms with Crippen LogP contribution in [0, 0.1) is 0 Å². The van der Waals surface area contributed by atoms with Crippen molar-refractivity contribution in [2.24, 2.45) is 5.11 Å². The van der Waals surface area contributed by atoms with Crippen molar-refractivity contribution in [1.82, 2.24) is 0 Å². The van der Waals surface area contributed by atoms with Crippen molar-refractivity contribution in [3.63, 3.8) is 0 Å². The lowest BCUT2D eigenvalue weighted by molar-refractivity contribution is -0.0897. The van der Waals surface area contributed by atoms with Crippen LogP contribution in [0.2, 0.25) is 0 Å². The van der Waals surface area contributed by atoms with Crippen molar-refractivity contribution < 1.29 is 18.9 Å². The highest BCUT2D eigenvalue weighted by Gasteiger charge is 2.46. The Morgan fingerprint density at radius 1 is 0.697 bits per heavy atom. The molecule has 7 heteroatoms. The van der Waals surface area contributed by atoms with Crippen molar-refractivity contribution in [3.05, 3.63) is 118 Å². The Balaban J connectivity index is 1.46. The van der Waals surface area contributed by atoms with E-state index in [1.807, 2.05) is 91.0 Å². The largest absolute Gasteiger partial charge is 0.374 e. The number of rotatable bonds is 11. The van der Waals surface area contributed by atoms with E-state index in [2.05, 4.69) is 10.0 Å². The summed E-state index contributed by atoms with van der Waals surface area (Å²) in [6.07, 6.45) is -2.26. The van der Waals surface area contributed by atoms with Gasteiger partial charge in [0.2, 0.25) is 0 Å². The van der Waals surface area contributed by atoms with Gasteiger partial charge in [-0.25, -0.2) is 0 Å². The second-order valence-electron chi connectivity index (χ2n) is 7.79. The molecule has 170 valence electrons. The summed E-state index contributed by atoms with van der Waals surface area (Å²) in [4.78, 5) is 2.96. The molecule has 33 heavy (non-hydrogen) atoms. The molecule has 4 atom stereocenters. The molecule has 0 aromatic heterocycles. The molecule has 7 nitrogen and oxygen atoms in total. The molecule has 0 amide bonds. The van der Waals surface area contributed by atoms with Crippen LogP contribution in [0.15, 0.2) is 96.1 Å². The minimum absolute atomic E-state index is 0.289. The van der Waals surface area contributed by atoms with Crippen LogP contribution in [-0.2, 0) is 38.8 Å². The van der Waals surface area contributed by atoms with Gasteiger partial charge in [-0.2, -0.15) is 0 Å². The standard InChI is InChI=1S/C26H27N3O4/c27-29-28-26-25(32-18-22-14-8-3-9-15-22)24(31-17-21-12-6-2-7-13-21)23(33-26)19-30-16-20-10-4-1-5-11-20/h1-15,23-26H,16-19H2/t23-,24+,25+,26-/m1/s1. The Hall–Kier alpha value is -3.19. The summed E-state index contributed by atoms with van der Waals surface area (Å²) in [6.45, 7) is 1.48. The van der Waals surface area contributed by atoms with Crippen molar-refractivity contribution in [2.75, 3.05) is 6.61 Å². The number of azide groups is 1. The number of ether oxygens (including phenoxy) is 4. The number of hydrogen-bond acceptors (Lipinski definition) is 5. The zero-order valence-electron chi connectivity index (χ0n) is 18.3. The van der Waals surface area contributed by atoms with E-state index in [1.54, 1.807) is 0 Å². The molecule has 3 aromatic rings. The molecule has 1 aliphatic rings. The van der Waals surface area contributed by atoms with Crippen LogP contribution in [0.1, 0.15) is 16.7 Å². The maximum Gasteiger partial charge on any atom is 0.165 e. The van der Waals surface area contributed by atoms with E-state index in [1.165, 1.54) is 0 Å². The number of benzene rings is 3. The molecule has 1 aliphatic heterocycles. The Labute approximate surface area is 193 Å². The van der Waals surface area contributed by atoms with Crippen LogP contribution in [-0.4, -0.2) is 31.1 Å². The van der Waals surface area contributed by atoms with Crippen LogP contribution in [0.5, 0.6) is 0 Å². The van der Waals surface area contributed by atoms with E-state index in [-0.39, 0.29) is 6.61 Å². The average molecular weight is 446 g/mol. The maximum atomic E-state index is 9.09. The van der Waals surface area contributed by atoms with Gasteiger partial charge >= 0.3 is 0 Å². The highest BCUT2D eigenvalue weighted by molar-refractivity contribution is 5.15. The predicted molar refractivity (Wildman–Crippen MR) is 124 cm³/mol. The fourth-order valence-electron chi connectivity index (χ4n) is 3.77.